The van der Waals surface area contributed by atoms with Crippen molar-refractivity contribution in [2.24, 2.45) is 5.92 Å². The number of rotatable bonds is 4. The van der Waals surface area contributed by atoms with Crippen LogP contribution >= 0.6 is 0 Å². The minimum Gasteiger partial charge on any atom is -0.481 e. The monoisotopic (exact) mass is 367 g/mol. The Balaban J connectivity index is 2.33. The van der Waals surface area contributed by atoms with Gasteiger partial charge in [-0.1, -0.05) is 19.3 Å². The van der Waals surface area contributed by atoms with E-state index < -0.39 is 33.7 Å². The first-order valence-electron chi connectivity index (χ1n) is 8.46. The Kier molecular flexibility index (Phi) is 5.87. The first kappa shape index (κ1) is 19.4. The summed E-state index contributed by atoms with van der Waals surface area (Å²) in [7, 11) is -3.44. The number of hydrogen-bond acceptors (Lipinski definition) is 4. The van der Waals surface area contributed by atoms with Crippen LogP contribution in [0.3, 0.4) is 0 Å². The molecule has 1 aromatic carbocycles. The number of amides is 1. The summed E-state index contributed by atoms with van der Waals surface area (Å²) < 4.78 is 23.7. The summed E-state index contributed by atoms with van der Waals surface area (Å²) in [6, 6.07) is 2.49. The fourth-order valence-electron chi connectivity index (χ4n) is 3.30. The Hall–Kier alpha value is -1.89. The van der Waals surface area contributed by atoms with Gasteiger partial charge in [0.2, 0.25) is 0 Å². The molecule has 0 aliphatic heterocycles. The van der Waals surface area contributed by atoms with Gasteiger partial charge in [-0.15, -0.1) is 0 Å². The molecular formula is C18H25NO5S. The molecule has 6 nitrogen and oxygen atoms in total. The van der Waals surface area contributed by atoms with Crippen molar-refractivity contribution in [3.63, 3.8) is 0 Å². The lowest BCUT2D eigenvalue weighted by Crippen LogP contribution is -2.43. The smallest absolute Gasteiger partial charge is 0.308 e. The molecule has 1 saturated carbocycles. The molecular weight excluding hydrogens is 342 g/mol. The molecule has 1 fully saturated rings. The number of benzene rings is 1. The molecule has 1 aliphatic carbocycles. The van der Waals surface area contributed by atoms with Gasteiger partial charge in [0.15, 0.2) is 9.84 Å². The summed E-state index contributed by atoms with van der Waals surface area (Å²) in [4.78, 5) is 24.4. The number of carbonyl (C=O) groups is 2. The van der Waals surface area contributed by atoms with Crippen LogP contribution in [0.2, 0.25) is 0 Å². The molecule has 1 aliphatic rings. The molecule has 1 amide bonds. The van der Waals surface area contributed by atoms with E-state index in [1.54, 1.807) is 19.9 Å². The fraction of sp³-hybridized carbons (Fsp3) is 0.556. The van der Waals surface area contributed by atoms with Crippen LogP contribution in [-0.4, -0.2) is 37.7 Å². The molecule has 25 heavy (non-hydrogen) atoms. The quantitative estimate of drug-likeness (QED) is 0.796. The fourth-order valence-corrected chi connectivity index (χ4v) is 4.02. The average Bonchev–Trinajstić information content (AvgIpc) is 2.74. The third-order valence-corrected chi connectivity index (χ3v) is 6.06. The third kappa shape index (κ3) is 4.60. The van der Waals surface area contributed by atoms with E-state index in [0.717, 1.165) is 25.5 Å². The maximum atomic E-state index is 12.7. The summed E-state index contributed by atoms with van der Waals surface area (Å²) >= 11 is 0. The molecule has 0 heterocycles. The standard InChI is InChI=1S/C18H25NO5S/c1-11-9-13(25(3,23)24)10-15(12(11)2)17(20)19-16-8-6-4-5-7-14(16)18(21)22/h9-10,14,16H,4-8H2,1-3H3,(H,19,20)(H,21,22)/t14-,16+/m1/s1. The maximum Gasteiger partial charge on any atom is 0.308 e. The van der Waals surface area contributed by atoms with Gasteiger partial charge in [0.05, 0.1) is 10.8 Å². The highest BCUT2D eigenvalue weighted by Gasteiger charge is 2.31. The topological polar surface area (TPSA) is 101 Å². The van der Waals surface area contributed by atoms with Gasteiger partial charge in [0.1, 0.15) is 0 Å². The summed E-state index contributed by atoms with van der Waals surface area (Å²) in [6.45, 7) is 3.52. The lowest BCUT2D eigenvalue weighted by atomic mass is 9.94. The van der Waals surface area contributed by atoms with Crippen LogP contribution in [0.5, 0.6) is 0 Å². The Morgan fingerprint density at radius 2 is 1.76 bits per heavy atom. The summed E-state index contributed by atoms with van der Waals surface area (Å²) in [6.07, 6.45) is 4.93. The highest BCUT2D eigenvalue weighted by Crippen LogP contribution is 2.25. The molecule has 0 saturated heterocycles. The minimum absolute atomic E-state index is 0.0939. The molecule has 0 radical (unpaired) electrons. The second-order valence-corrected chi connectivity index (χ2v) is 8.86. The lowest BCUT2D eigenvalue weighted by molar-refractivity contribution is -0.142. The highest BCUT2D eigenvalue weighted by atomic mass is 32.2. The molecule has 138 valence electrons. The van der Waals surface area contributed by atoms with E-state index in [1.807, 2.05) is 0 Å². The first-order chi connectivity index (χ1) is 11.6. The number of aliphatic carboxylic acids is 1. The zero-order valence-corrected chi connectivity index (χ0v) is 15.6. The minimum atomic E-state index is -3.44. The SMILES string of the molecule is Cc1cc(S(C)(=O)=O)cc(C(=O)N[C@H]2CCCCC[C@H]2C(=O)O)c1C. The second kappa shape index (κ2) is 7.56. The van der Waals surface area contributed by atoms with E-state index >= 15 is 0 Å². The van der Waals surface area contributed by atoms with Gasteiger partial charge in [-0.25, -0.2) is 8.42 Å². The maximum absolute atomic E-state index is 12.7. The van der Waals surface area contributed by atoms with E-state index in [0.29, 0.717) is 24.0 Å². The van der Waals surface area contributed by atoms with Gasteiger partial charge < -0.3 is 10.4 Å². The number of hydrogen-bond donors (Lipinski definition) is 2. The number of carboxylic acid groups (broad SMARTS) is 1. The van der Waals surface area contributed by atoms with Crippen LogP contribution in [0, 0.1) is 19.8 Å². The van der Waals surface area contributed by atoms with Crippen molar-refractivity contribution < 1.29 is 23.1 Å². The number of carbonyl (C=O) groups excluding carboxylic acids is 1. The average molecular weight is 367 g/mol. The Bertz CT molecular complexity index is 785. The summed E-state index contributed by atoms with van der Waals surface area (Å²) in [5, 5.41) is 12.3. The van der Waals surface area contributed by atoms with Gasteiger partial charge in [-0.05, 0) is 49.9 Å². The van der Waals surface area contributed by atoms with E-state index in [-0.39, 0.29) is 10.5 Å². The van der Waals surface area contributed by atoms with Crippen LogP contribution in [0.15, 0.2) is 17.0 Å². The van der Waals surface area contributed by atoms with Crippen LogP contribution in [-0.2, 0) is 14.6 Å². The molecule has 7 heteroatoms. The number of nitrogens with one attached hydrogen (secondary N) is 1. The molecule has 0 spiro atoms. The molecule has 0 bridgehead atoms. The zero-order valence-electron chi connectivity index (χ0n) is 14.8. The largest absolute Gasteiger partial charge is 0.481 e. The van der Waals surface area contributed by atoms with Crippen LogP contribution in [0.1, 0.15) is 53.6 Å². The molecule has 2 rings (SSSR count). The van der Waals surface area contributed by atoms with Gasteiger partial charge in [0, 0.05) is 17.9 Å². The van der Waals surface area contributed by atoms with E-state index in [9.17, 15) is 23.1 Å². The third-order valence-electron chi connectivity index (χ3n) is 4.96. The van der Waals surface area contributed by atoms with Crippen molar-refractivity contribution in [3.05, 3.63) is 28.8 Å². The van der Waals surface area contributed by atoms with Crippen molar-refractivity contribution >= 4 is 21.7 Å². The van der Waals surface area contributed by atoms with Crippen molar-refractivity contribution in [1.82, 2.24) is 5.32 Å². The van der Waals surface area contributed by atoms with E-state index in [2.05, 4.69) is 5.32 Å². The van der Waals surface area contributed by atoms with Crippen molar-refractivity contribution in [3.8, 4) is 0 Å². The zero-order chi connectivity index (χ0) is 18.8. The van der Waals surface area contributed by atoms with Gasteiger partial charge in [-0.2, -0.15) is 0 Å². The normalized spacial score (nSPS) is 21.4. The first-order valence-corrected chi connectivity index (χ1v) is 10.4. The van der Waals surface area contributed by atoms with Crippen LogP contribution in [0.4, 0.5) is 0 Å². The van der Waals surface area contributed by atoms with Crippen molar-refractivity contribution in [2.75, 3.05) is 6.26 Å². The van der Waals surface area contributed by atoms with Crippen LogP contribution in [0.25, 0.3) is 0 Å². The van der Waals surface area contributed by atoms with Gasteiger partial charge in [-0.3, -0.25) is 9.59 Å². The lowest BCUT2D eigenvalue weighted by Gasteiger charge is -2.23. The predicted octanol–water partition coefficient (Wildman–Crippen LogP) is 2.47. The molecule has 2 atom stereocenters. The van der Waals surface area contributed by atoms with E-state index in [4.69, 9.17) is 0 Å². The Morgan fingerprint density at radius 3 is 2.36 bits per heavy atom. The molecule has 0 aromatic heterocycles. The van der Waals surface area contributed by atoms with Crippen molar-refractivity contribution in [2.45, 2.75) is 56.9 Å². The van der Waals surface area contributed by atoms with Crippen molar-refractivity contribution in [1.29, 1.82) is 0 Å². The second-order valence-electron chi connectivity index (χ2n) is 6.85. The van der Waals surface area contributed by atoms with Crippen LogP contribution < -0.4 is 5.32 Å². The Labute approximate surface area is 148 Å². The number of aryl methyl sites for hydroxylation is 1. The summed E-state index contributed by atoms with van der Waals surface area (Å²) in [5.41, 5.74) is 1.70. The molecule has 2 N–H and O–H groups in total. The highest BCUT2D eigenvalue weighted by molar-refractivity contribution is 7.90. The molecule has 1 aromatic rings. The number of carboxylic acids is 1. The van der Waals surface area contributed by atoms with Gasteiger partial charge in [0.25, 0.3) is 5.91 Å². The molecule has 0 unspecified atom stereocenters. The predicted molar refractivity (Wildman–Crippen MR) is 94.5 cm³/mol. The Morgan fingerprint density at radius 1 is 1.12 bits per heavy atom. The van der Waals surface area contributed by atoms with Gasteiger partial charge >= 0.3 is 5.97 Å². The van der Waals surface area contributed by atoms with E-state index in [1.165, 1.54) is 6.07 Å². The number of sulfone groups is 1. The summed E-state index contributed by atoms with van der Waals surface area (Å²) in [5.74, 6) is -1.92.